The van der Waals surface area contributed by atoms with Crippen LogP contribution >= 0.6 is 0 Å². The minimum absolute atomic E-state index is 0.0550. The average Bonchev–Trinajstić information content (AvgIpc) is 3.37. The lowest BCUT2D eigenvalue weighted by molar-refractivity contribution is 0.257. The molecule has 22 heavy (non-hydrogen) atoms. The zero-order valence-electron chi connectivity index (χ0n) is 13.8. The Hall–Kier alpha value is -1.54. The second kappa shape index (κ2) is 6.29. The number of para-hydroxylation sites is 1. The van der Waals surface area contributed by atoms with E-state index in [-0.39, 0.29) is 5.41 Å². The highest BCUT2D eigenvalue weighted by Crippen LogP contribution is 2.42. The maximum atomic E-state index is 6.04. The average molecular weight is 298 g/mol. The molecule has 1 fully saturated rings. The molecule has 2 atom stereocenters. The number of rotatable bonds is 6. The van der Waals surface area contributed by atoms with Crippen molar-refractivity contribution < 1.29 is 9.47 Å². The lowest BCUT2D eigenvalue weighted by Crippen LogP contribution is -2.25. The highest BCUT2D eigenvalue weighted by atomic mass is 16.6. The first-order valence-corrected chi connectivity index (χ1v) is 8.38. The Morgan fingerprint density at radius 1 is 1.32 bits per heavy atom. The van der Waals surface area contributed by atoms with Gasteiger partial charge in [0, 0.05) is 11.0 Å². The van der Waals surface area contributed by atoms with Gasteiger partial charge in [-0.15, -0.1) is 0 Å². The molecule has 0 aromatic heterocycles. The Bertz CT molecular complexity index is 581. The molecular weight excluding hydrogens is 272 g/mol. The summed E-state index contributed by atoms with van der Waals surface area (Å²) in [4.78, 5) is 0. The summed E-state index contributed by atoms with van der Waals surface area (Å²) in [6.07, 6.45) is 9.50. The predicted molar refractivity (Wildman–Crippen MR) is 90.3 cm³/mol. The van der Waals surface area contributed by atoms with E-state index in [1.165, 1.54) is 11.1 Å². The summed E-state index contributed by atoms with van der Waals surface area (Å²) in [5, 5.41) is 0. The first kappa shape index (κ1) is 15.4. The van der Waals surface area contributed by atoms with Crippen LogP contribution in [0.1, 0.15) is 39.2 Å². The molecule has 1 aromatic rings. The van der Waals surface area contributed by atoms with Gasteiger partial charge in [-0.1, -0.05) is 57.2 Å². The van der Waals surface area contributed by atoms with E-state index in [0.29, 0.717) is 18.6 Å². The second-order valence-corrected chi connectivity index (χ2v) is 6.67. The fourth-order valence-corrected chi connectivity index (χ4v) is 3.12. The van der Waals surface area contributed by atoms with Crippen LogP contribution in [0.4, 0.5) is 0 Å². The molecule has 0 N–H and O–H groups in total. The fraction of sp³-hybridized carbons (Fsp3) is 0.500. The van der Waals surface area contributed by atoms with Crippen LogP contribution in [0.15, 0.2) is 48.1 Å². The highest BCUT2D eigenvalue weighted by molar-refractivity contribution is 5.46. The standard InChI is InChI=1S/C20H26O2/c1-4-20(11-9-16(10-12-20)15(2)3)18-7-5-6-8-19(18)22-14-17-13-21-17/h5-11,15,17H,4,12-14H2,1-3H3. The molecule has 0 radical (unpaired) electrons. The van der Waals surface area contributed by atoms with Crippen LogP contribution in [0.25, 0.3) is 0 Å². The van der Waals surface area contributed by atoms with Gasteiger partial charge in [-0.25, -0.2) is 0 Å². The van der Waals surface area contributed by atoms with Crippen LogP contribution in [-0.2, 0) is 10.2 Å². The minimum Gasteiger partial charge on any atom is -0.490 e. The van der Waals surface area contributed by atoms with E-state index in [2.05, 4.69) is 63.3 Å². The maximum absolute atomic E-state index is 6.04. The molecule has 2 nitrogen and oxygen atoms in total. The van der Waals surface area contributed by atoms with E-state index in [4.69, 9.17) is 9.47 Å². The summed E-state index contributed by atoms with van der Waals surface area (Å²) in [5.74, 6) is 1.59. The number of hydrogen-bond donors (Lipinski definition) is 0. The summed E-state index contributed by atoms with van der Waals surface area (Å²) >= 11 is 0. The van der Waals surface area contributed by atoms with Gasteiger partial charge in [0.05, 0.1) is 6.61 Å². The molecule has 118 valence electrons. The first-order chi connectivity index (χ1) is 10.6. The van der Waals surface area contributed by atoms with E-state index in [0.717, 1.165) is 25.2 Å². The van der Waals surface area contributed by atoms with Gasteiger partial charge >= 0.3 is 0 Å². The lowest BCUT2D eigenvalue weighted by atomic mass is 9.71. The Balaban J connectivity index is 1.86. The molecule has 1 heterocycles. The summed E-state index contributed by atoms with van der Waals surface area (Å²) in [5.41, 5.74) is 2.79. The molecule has 0 saturated carbocycles. The third kappa shape index (κ3) is 3.12. The largest absolute Gasteiger partial charge is 0.490 e. The van der Waals surface area contributed by atoms with Crippen molar-refractivity contribution >= 4 is 0 Å². The molecule has 2 unspecified atom stereocenters. The quantitative estimate of drug-likeness (QED) is 0.713. The van der Waals surface area contributed by atoms with E-state index in [9.17, 15) is 0 Å². The molecule has 2 heteroatoms. The molecule has 1 aromatic carbocycles. The number of allylic oxidation sites excluding steroid dienone is 4. The van der Waals surface area contributed by atoms with Gasteiger partial charge in [0.1, 0.15) is 18.5 Å². The Kier molecular flexibility index (Phi) is 4.39. The van der Waals surface area contributed by atoms with Crippen LogP contribution < -0.4 is 4.74 Å². The normalized spacial score (nSPS) is 26.9. The number of ether oxygens (including phenoxy) is 2. The van der Waals surface area contributed by atoms with Gasteiger partial charge in [-0.2, -0.15) is 0 Å². The topological polar surface area (TPSA) is 21.8 Å². The lowest BCUT2D eigenvalue weighted by Gasteiger charge is -2.34. The molecule has 0 bridgehead atoms. The van der Waals surface area contributed by atoms with Crippen molar-refractivity contribution in [3.8, 4) is 5.75 Å². The summed E-state index contributed by atoms with van der Waals surface area (Å²) in [7, 11) is 0. The van der Waals surface area contributed by atoms with Crippen molar-refractivity contribution in [1.82, 2.24) is 0 Å². The van der Waals surface area contributed by atoms with Gasteiger partial charge < -0.3 is 9.47 Å². The van der Waals surface area contributed by atoms with Gasteiger partial charge in [-0.05, 0) is 30.4 Å². The first-order valence-electron chi connectivity index (χ1n) is 8.38. The molecule has 0 spiro atoms. The van der Waals surface area contributed by atoms with Crippen molar-refractivity contribution in [2.45, 2.75) is 45.1 Å². The zero-order valence-corrected chi connectivity index (χ0v) is 13.8. The summed E-state index contributed by atoms with van der Waals surface area (Å²) < 4.78 is 11.3. The Labute approximate surface area is 133 Å². The molecule has 1 aliphatic carbocycles. The van der Waals surface area contributed by atoms with E-state index < -0.39 is 0 Å². The van der Waals surface area contributed by atoms with Crippen molar-refractivity contribution in [3.05, 3.63) is 53.6 Å². The Morgan fingerprint density at radius 2 is 2.09 bits per heavy atom. The molecule has 3 rings (SSSR count). The third-order valence-corrected chi connectivity index (χ3v) is 4.84. The molecule has 1 saturated heterocycles. The van der Waals surface area contributed by atoms with Crippen molar-refractivity contribution in [2.75, 3.05) is 13.2 Å². The second-order valence-electron chi connectivity index (χ2n) is 6.67. The molecule has 1 aliphatic heterocycles. The maximum Gasteiger partial charge on any atom is 0.123 e. The molecule has 2 aliphatic rings. The fourth-order valence-electron chi connectivity index (χ4n) is 3.12. The van der Waals surface area contributed by atoms with Crippen molar-refractivity contribution in [2.24, 2.45) is 5.92 Å². The zero-order chi connectivity index (χ0) is 15.6. The van der Waals surface area contributed by atoms with E-state index in [1.54, 1.807) is 0 Å². The van der Waals surface area contributed by atoms with Gasteiger partial charge in [0.2, 0.25) is 0 Å². The van der Waals surface area contributed by atoms with Crippen molar-refractivity contribution in [1.29, 1.82) is 0 Å². The Morgan fingerprint density at radius 3 is 2.68 bits per heavy atom. The summed E-state index contributed by atoms with van der Waals surface area (Å²) in [6.45, 7) is 8.26. The van der Waals surface area contributed by atoms with Crippen LogP contribution in [-0.4, -0.2) is 19.3 Å². The SMILES string of the molecule is CCC1(c2ccccc2OCC2CO2)C=CC(C(C)C)=CC1. The number of hydrogen-bond acceptors (Lipinski definition) is 2. The van der Waals surface area contributed by atoms with Crippen LogP contribution in [0, 0.1) is 5.92 Å². The van der Waals surface area contributed by atoms with Crippen LogP contribution in [0.2, 0.25) is 0 Å². The molecular formula is C20H26O2. The van der Waals surface area contributed by atoms with E-state index in [1.807, 2.05) is 0 Å². The monoisotopic (exact) mass is 298 g/mol. The van der Waals surface area contributed by atoms with Crippen LogP contribution in [0.3, 0.4) is 0 Å². The van der Waals surface area contributed by atoms with Gasteiger partial charge in [0.25, 0.3) is 0 Å². The molecule has 0 amide bonds. The van der Waals surface area contributed by atoms with E-state index >= 15 is 0 Å². The predicted octanol–water partition coefficient (Wildman–Crippen LogP) is 4.65. The number of epoxide rings is 1. The smallest absolute Gasteiger partial charge is 0.123 e. The van der Waals surface area contributed by atoms with Gasteiger partial charge in [-0.3, -0.25) is 0 Å². The minimum atomic E-state index is 0.0550. The van der Waals surface area contributed by atoms with Gasteiger partial charge in [0.15, 0.2) is 0 Å². The van der Waals surface area contributed by atoms with Crippen LogP contribution in [0.5, 0.6) is 5.75 Å². The number of benzene rings is 1. The highest BCUT2D eigenvalue weighted by Gasteiger charge is 2.32. The third-order valence-electron chi connectivity index (χ3n) is 4.84. The van der Waals surface area contributed by atoms with Crippen molar-refractivity contribution in [3.63, 3.8) is 0 Å². The summed E-state index contributed by atoms with van der Waals surface area (Å²) in [6, 6.07) is 8.47.